The third-order valence-corrected chi connectivity index (χ3v) is 6.83. The van der Waals surface area contributed by atoms with Gasteiger partial charge >= 0.3 is 5.97 Å². The third-order valence-electron chi connectivity index (χ3n) is 6.83. The molecular weight excluding hydrogens is 466 g/mol. The lowest BCUT2D eigenvalue weighted by atomic mass is 9.94. The normalized spacial score (nSPS) is 16.9. The third kappa shape index (κ3) is 6.70. The number of allylic oxidation sites excluding steroid dienone is 3. The van der Waals surface area contributed by atoms with Gasteiger partial charge in [0.1, 0.15) is 11.4 Å². The number of esters is 1. The number of nitrogens with zero attached hydrogens (tertiary/aromatic N) is 3. The van der Waals surface area contributed by atoms with Gasteiger partial charge in [-0.1, -0.05) is 19.6 Å². The van der Waals surface area contributed by atoms with E-state index in [2.05, 4.69) is 55.5 Å². The quantitative estimate of drug-likeness (QED) is 0.417. The zero-order valence-electron chi connectivity index (χ0n) is 23.7. The maximum Gasteiger partial charge on any atom is 0.312 e. The highest BCUT2D eigenvalue weighted by Gasteiger charge is 2.29. The second-order valence-corrected chi connectivity index (χ2v) is 11.0. The standard InChI is InChI=1S/C30H43N3O4/c1-10-24(18-36-9)33-27-14-12-22(11-13-25(21(4)34)29(35)37-30(5,6)7)16-26(27)31-28(33)23-15-19(2)20(3)32(8)17-23/h12,14-17,21,24-25,34H,3,10-11,13,18H2,1-2,4-9H3/t21-,24?,25+/m1/s1. The average Bonchev–Trinajstić information content (AvgIpc) is 3.18. The number of fused-ring (bicyclic) bond motifs is 1. The first-order valence-electron chi connectivity index (χ1n) is 13.1. The molecule has 0 radical (unpaired) electrons. The molecule has 202 valence electrons. The first-order valence-corrected chi connectivity index (χ1v) is 13.1. The van der Waals surface area contributed by atoms with Crippen molar-refractivity contribution >= 4 is 22.6 Å². The van der Waals surface area contributed by atoms with Gasteiger partial charge in [0.2, 0.25) is 0 Å². The summed E-state index contributed by atoms with van der Waals surface area (Å²) >= 11 is 0. The molecule has 0 spiro atoms. The van der Waals surface area contributed by atoms with Crippen LogP contribution in [0.25, 0.3) is 16.6 Å². The molecule has 7 nitrogen and oxygen atoms in total. The van der Waals surface area contributed by atoms with Crippen molar-refractivity contribution in [2.45, 2.75) is 78.6 Å². The SMILES string of the molecule is C=C1C(C)=CC(c2nc3cc(CC[C@H](C(=O)OC(C)(C)C)[C@@H](C)O)ccc3n2C(CC)COC)=CN1C. The van der Waals surface area contributed by atoms with Crippen molar-refractivity contribution in [2.75, 3.05) is 20.8 Å². The molecule has 1 unspecified atom stereocenters. The Bertz CT molecular complexity index is 1200. The van der Waals surface area contributed by atoms with E-state index >= 15 is 0 Å². The number of aryl methyl sites for hydroxylation is 1. The molecule has 0 saturated heterocycles. The number of aliphatic hydroxyl groups excluding tert-OH is 1. The number of imidazole rings is 1. The van der Waals surface area contributed by atoms with Gasteiger partial charge in [-0.3, -0.25) is 4.79 Å². The molecule has 37 heavy (non-hydrogen) atoms. The summed E-state index contributed by atoms with van der Waals surface area (Å²) in [6, 6.07) is 6.41. The van der Waals surface area contributed by atoms with Gasteiger partial charge in [0.05, 0.1) is 35.7 Å². The summed E-state index contributed by atoms with van der Waals surface area (Å²) in [5.41, 5.74) is 5.51. The number of hydrogen-bond donors (Lipinski definition) is 1. The Morgan fingerprint density at radius 1 is 1.27 bits per heavy atom. The average molecular weight is 510 g/mol. The van der Waals surface area contributed by atoms with Crippen LogP contribution in [0.1, 0.15) is 71.8 Å². The molecule has 1 aliphatic rings. The van der Waals surface area contributed by atoms with E-state index in [0.717, 1.165) is 45.7 Å². The van der Waals surface area contributed by atoms with Crippen molar-refractivity contribution in [3.63, 3.8) is 0 Å². The fourth-order valence-corrected chi connectivity index (χ4v) is 4.74. The summed E-state index contributed by atoms with van der Waals surface area (Å²) < 4.78 is 13.4. The first kappa shape index (κ1) is 28.7. The first-order chi connectivity index (χ1) is 17.4. The van der Waals surface area contributed by atoms with Gasteiger partial charge < -0.3 is 24.0 Å². The fraction of sp³-hybridized carbons (Fsp3) is 0.533. The zero-order valence-corrected chi connectivity index (χ0v) is 23.7. The molecule has 1 aliphatic heterocycles. The van der Waals surface area contributed by atoms with Gasteiger partial charge in [-0.25, -0.2) is 4.98 Å². The monoisotopic (exact) mass is 509 g/mol. The lowest BCUT2D eigenvalue weighted by Gasteiger charge is -2.26. The van der Waals surface area contributed by atoms with Gasteiger partial charge in [-0.15, -0.1) is 0 Å². The highest BCUT2D eigenvalue weighted by molar-refractivity contribution is 5.84. The van der Waals surface area contributed by atoms with Crippen LogP contribution in [0.2, 0.25) is 0 Å². The number of likely N-dealkylation sites (N-methyl/N-ethyl adjacent to an activating group) is 1. The second-order valence-electron chi connectivity index (χ2n) is 11.0. The Morgan fingerprint density at radius 3 is 2.54 bits per heavy atom. The van der Waals surface area contributed by atoms with E-state index in [4.69, 9.17) is 14.5 Å². The van der Waals surface area contributed by atoms with Crippen LogP contribution < -0.4 is 0 Å². The second kappa shape index (κ2) is 11.7. The van der Waals surface area contributed by atoms with E-state index in [1.807, 2.05) is 32.7 Å². The summed E-state index contributed by atoms with van der Waals surface area (Å²) in [5.74, 6) is -0.0543. The van der Waals surface area contributed by atoms with Gasteiger partial charge in [-0.2, -0.15) is 0 Å². The number of methoxy groups -OCH3 is 1. The molecule has 2 heterocycles. The summed E-state index contributed by atoms with van der Waals surface area (Å²) in [5, 5.41) is 10.3. The molecular formula is C30H43N3O4. The van der Waals surface area contributed by atoms with E-state index in [1.165, 1.54) is 0 Å². The Morgan fingerprint density at radius 2 is 1.97 bits per heavy atom. The van der Waals surface area contributed by atoms with Crippen LogP contribution in [0.4, 0.5) is 0 Å². The Labute approximate surface area is 221 Å². The number of carbonyl (C=O) groups is 1. The lowest BCUT2D eigenvalue weighted by Crippen LogP contribution is -2.34. The van der Waals surface area contributed by atoms with Crippen molar-refractivity contribution in [3.05, 3.63) is 59.7 Å². The minimum Gasteiger partial charge on any atom is -0.460 e. The Hall–Kier alpha value is -2.90. The van der Waals surface area contributed by atoms with E-state index in [-0.39, 0.29) is 12.0 Å². The van der Waals surface area contributed by atoms with E-state index in [9.17, 15) is 9.90 Å². The molecule has 3 atom stereocenters. The number of aliphatic hydroxyl groups is 1. The Balaban J connectivity index is 1.98. The summed E-state index contributed by atoms with van der Waals surface area (Å²) in [7, 11) is 3.73. The minimum atomic E-state index is -0.788. The number of aromatic nitrogens is 2. The van der Waals surface area contributed by atoms with E-state index < -0.39 is 17.6 Å². The predicted octanol–water partition coefficient (Wildman–Crippen LogP) is 5.65. The van der Waals surface area contributed by atoms with Crippen LogP contribution in [0.5, 0.6) is 0 Å². The maximum atomic E-state index is 12.7. The van der Waals surface area contributed by atoms with Crippen molar-refractivity contribution in [1.29, 1.82) is 0 Å². The molecule has 0 amide bonds. The molecule has 1 aromatic carbocycles. The molecule has 3 rings (SSSR count). The maximum absolute atomic E-state index is 12.7. The highest BCUT2D eigenvalue weighted by Crippen LogP contribution is 2.33. The van der Waals surface area contributed by atoms with E-state index in [1.54, 1.807) is 14.0 Å². The van der Waals surface area contributed by atoms with Gasteiger partial charge in [0.25, 0.3) is 0 Å². The summed E-state index contributed by atoms with van der Waals surface area (Å²) in [6.07, 6.45) is 5.44. The number of benzene rings is 1. The molecule has 1 N–H and O–H groups in total. The van der Waals surface area contributed by atoms with Crippen molar-refractivity contribution < 1.29 is 19.4 Å². The summed E-state index contributed by atoms with van der Waals surface area (Å²) in [6.45, 7) is 16.1. The topological polar surface area (TPSA) is 76.8 Å². The molecule has 0 aliphatic carbocycles. The largest absolute Gasteiger partial charge is 0.460 e. The molecule has 0 fully saturated rings. The number of rotatable bonds is 10. The Kier molecular flexibility index (Phi) is 9.03. The van der Waals surface area contributed by atoms with Crippen molar-refractivity contribution in [2.24, 2.45) is 5.92 Å². The number of carbonyl (C=O) groups excluding carboxylic acids is 1. The summed E-state index contributed by atoms with van der Waals surface area (Å²) in [4.78, 5) is 19.8. The van der Waals surface area contributed by atoms with Crippen LogP contribution in [0, 0.1) is 5.92 Å². The van der Waals surface area contributed by atoms with Gasteiger partial charge in [0.15, 0.2) is 0 Å². The smallest absolute Gasteiger partial charge is 0.312 e. The van der Waals surface area contributed by atoms with E-state index in [0.29, 0.717) is 19.4 Å². The number of hydrogen-bond acceptors (Lipinski definition) is 6. The van der Waals surface area contributed by atoms with Crippen LogP contribution >= 0.6 is 0 Å². The van der Waals surface area contributed by atoms with Crippen LogP contribution in [-0.4, -0.2) is 58.0 Å². The molecule has 0 bridgehead atoms. The lowest BCUT2D eigenvalue weighted by molar-refractivity contribution is -0.163. The minimum absolute atomic E-state index is 0.132. The fourth-order valence-electron chi connectivity index (χ4n) is 4.74. The van der Waals surface area contributed by atoms with Crippen LogP contribution in [0.15, 0.2) is 48.3 Å². The highest BCUT2D eigenvalue weighted by atomic mass is 16.6. The number of ether oxygens (including phenoxy) is 2. The molecule has 1 aromatic heterocycles. The van der Waals surface area contributed by atoms with Crippen molar-refractivity contribution in [1.82, 2.24) is 14.5 Å². The van der Waals surface area contributed by atoms with Crippen LogP contribution in [0.3, 0.4) is 0 Å². The van der Waals surface area contributed by atoms with Crippen LogP contribution in [-0.2, 0) is 20.7 Å². The van der Waals surface area contributed by atoms with Gasteiger partial charge in [-0.05, 0) is 83.2 Å². The molecule has 2 aromatic rings. The van der Waals surface area contributed by atoms with Crippen molar-refractivity contribution in [3.8, 4) is 0 Å². The zero-order chi connectivity index (χ0) is 27.5. The predicted molar refractivity (Wildman–Crippen MR) is 149 cm³/mol. The molecule has 7 heteroatoms. The van der Waals surface area contributed by atoms with Gasteiger partial charge in [0, 0.05) is 31.6 Å². The molecule has 0 saturated carbocycles.